The maximum absolute atomic E-state index is 5.34. The second kappa shape index (κ2) is 5.01. The Labute approximate surface area is 95.9 Å². The lowest BCUT2D eigenvalue weighted by molar-refractivity contribution is 0.615. The predicted octanol–water partition coefficient (Wildman–Crippen LogP) is 3.82. The van der Waals surface area contributed by atoms with Crippen molar-refractivity contribution in [1.29, 1.82) is 0 Å². The standard InChI is InChI=1S/C13H18N2O/c1-3-4-5-10(2)15-13-11-7-9-16-12(11)6-8-14-13/h6-10H,3-5H2,1-2H3,(H,14,15). The highest BCUT2D eigenvalue weighted by molar-refractivity contribution is 5.87. The van der Waals surface area contributed by atoms with Crippen LogP contribution in [0.4, 0.5) is 5.82 Å². The highest BCUT2D eigenvalue weighted by Crippen LogP contribution is 2.22. The van der Waals surface area contributed by atoms with Crippen LogP contribution in [0.25, 0.3) is 11.0 Å². The normalized spacial score (nSPS) is 12.9. The molecular weight excluding hydrogens is 200 g/mol. The molecule has 2 aromatic heterocycles. The fourth-order valence-electron chi connectivity index (χ4n) is 1.83. The molecule has 0 aromatic carbocycles. The first kappa shape index (κ1) is 11.0. The molecule has 0 aliphatic carbocycles. The molecule has 2 heterocycles. The Balaban J connectivity index is 2.11. The molecule has 0 spiro atoms. The average molecular weight is 218 g/mol. The molecule has 2 rings (SSSR count). The number of pyridine rings is 1. The number of aromatic nitrogens is 1. The van der Waals surface area contributed by atoms with E-state index in [0.29, 0.717) is 6.04 Å². The topological polar surface area (TPSA) is 38.1 Å². The summed E-state index contributed by atoms with van der Waals surface area (Å²) >= 11 is 0. The molecule has 0 saturated carbocycles. The van der Waals surface area contributed by atoms with Crippen LogP contribution in [-0.4, -0.2) is 11.0 Å². The molecule has 0 fully saturated rings. The highest BCUT2D eigenvalue weighted by atomic mass is 16.3. The predicted molar refractivity (Wildman–Crippen MR) is 66.6 cm³/mol. The van der Waals surface area contributed by atoms with E-state index in [9.17, 15) is 0 Å². The van der Waals surface area contributed by atoms with Crippen LogP contribution in [0.3, 0.4) is 0 Å². The zero-order chi connectivity index (χ0) is 11.4. The molecule has 1 unspecified atom stereocenters. The number of fused-ring (bicyclic) bond motifs is 1. The van der Waals surface area contributed by atoms with E-state index in [4.69, 9.17) is 4.42 Å². The van der Waals surface area contributed by atoms with Crippen molar-refractivity contribution in [3.63, 3.8) is 0 Å². The number of furan rings is 1. The Bertz CT molecular complexity index is 450. The molecule has 0 aliphatic rings. The molecule has 16 heavy (non-hydrogen) atoms. The Morgan fingerprint density at radius 3 is 3.12 bits per heavy atom. The van der Waals surface area contributed by atoms with Gasteiger partial charge in [-0.15, -0.1) is 0 Å². The summed E-state index contributed by atoms with van der Waals surface area (Å²) in [5.41, 5.74) is 0.889. The third-order valence-corrected chi connectivity index (χ3v) is 2.75. The summed E-state index contributed by atoms with van der Waals surface area (Å²) in [5, 5.41) is 4.50. The molecule has 1 N–H and O–H groups in total. The van der Waals surface area contributed by atoms with Crippen LogP contribution < -0.4 is 5.32 Å². The largest absolute Gasteiger partial charge is 0.464 e. The summed E-state index contributed by atoms with van der Waals surface area (Å²) in [5.74, 6) is 0.926. The van der Waals surface area contributed by atoms with Crippen molar-refractivity contribution in [1.82, 2.24) is 4.98 Å². The molecule has 86 valence electrons. The van der Waals surface area contributed by atoms with Gasteiger partial charge in [0.05, 0.1) is 11.6 Å². The highest BCUT2D eigenvalue weighted by Gasteiger charge is 2.07. The molecule has 0 saturated heterocycles. The molecule has 0 aliphatic heterocycles. The smallest absolute Gasteiger partial charge is 0.139 e. The van der Waals surface area contributed by atoms with E-state index < -0.39 is 0 Å². The van der Waals surface area contributed by atoms with Crippen molar-refractivity contribution in [2.24, 2.45) is 0 Å². The van der Waals surface area contributed by atoms with Gasteiger partial charge in [-0.2, -0.15) is 0 Å². The summed E-state index contributed by atoms with van der Waals surface area (Å²) in [6.45, 7) is 4.40. The van der Waals surface area contributed by atoms with E-state index in [2.05, 4.69) is 24.1 Å². The number of unbranched alkanes of at least 4 members (excludes halogenated alkanes) is 1. The van der Waals surface area contributed by atoms with E-state index in [1.54, 1.807) is 12.5 Å². The minimum absolute atomic E-state index is 0.452. The fraction of sp³-hybridized carbons (Fsp3) is 0.462. The van der Waals surface area contributed by atoms with E-state index in [-0.39, 0.29) is 0 Å². The Morgan fingerprint density at radius 1 is 1.44 bits per heavy atom. The van der Waals surface area contributed by atoms with Gasteiger partial charge in [-0.1, -0.05) is 19.8 Å². The second-order valence-electron chi connectivity index (χ2n) is 4.18. The van der Waals surface area contributed by atoms with E-state index in [0.717, 1.165) is 16.8 Å². The van der Waals surface area contributed by atoms with Crippen molar-refractivity contribution < 1.29 is 4.42 Å². The van der Waals surface area contributed by atoms with Crippen LogP contribution in [0, 0.1) is 0 Å². The molecule has 3 nitrogen and oxygen atoms in total. The van der Waals surface area contributed by atoms with Gasteiger partial charge in [-0.25, -0.2) is 4.98 Å². The van der Waals surface area contributed by atoms with E-state index in [1.807, 2.05) is 12.1 Å². The van der Waals surface area contributed by atoms with Crippen LogP contribution in [0.15, 0.2) is 29.0 Å². The molecule has 3 heteroatoms. The maximum atomic E-state index is 5.34. The Kier molecular flexibility index (Phi) is 3.44. The number of hydrogen-bond acceptors (Lipinski definition) is 3. The molecule has 0 amide bonds. The second-order valence-corrected chi connectivity index (χ2v) is 4.18. The number of rotatable bonds is 5. The summed E-state index contributed by atoms with van der Waals surface area (Å²) in [7, 11) is 0. The van der Waals surface area contributed by atoms with Gasteiger partial charge < -0.3 is 9.73 Å². The Morgan fingerprint density at radius 2 is 2.31 bits per heavy atom. The van der Waals surface area contributed by atoms with Gasteiger partial charge in [0.25, 0.3) is 0 Å². The van der Waals surface area contributed by atoms with Crippen molar-refractivity contribution in [3.05, 3.63) is 24.6 Å². The van der Waals surface area contributed by atoms with Crippen molar-refractivity contribution in [3.8, 4) is 0 Å². The van der Waals surface area contributed by atoms with Crippen LogP contribution in [0.5, 0.6) is 0 Å². The van der Waals surface area contributed by atoms with Crippen LogP contribution in [-0.2, 0) is 0 Å². The zero-order valence-electron chi connectivity index (χ0n) is 9.86. The van der Waals surface area contributed by atoms with Gasteiger partial charge in [0, 0.05) is 12.2 Å². The van der Waals surface area contributed by atoms with Crippen molar-refractivity contribution in [2.75, 3.05) is 5.32 Å². The molecule has 0 radical (unpaired) electrons. The van der Waals surface area contributed by atoms with Crippen LogP contribution in [0.2, 0.25) is 0 Å². The number of nitrogens with one attached hydrogen (secondary N) is 1. The van der Waals surface area contributed by atoms with Gasteiger partial charge >= 0.3 is 0 Å². The zero-order valence-corrected chi connectivity index (χ0v) is 9.86. The monoisotopic (exact) mass is 218 g/mol. The SMILES string of the molecule is CCCCC(C)Nc1nccc2occc12. The summed E-state index contributed by atoms with van der Waals surface area (Å²) in [6, 6.07) is 4.29. The minimum Gasteiger partial charge on any atom is -0.464 e. The molecule has 1 atom stereocenters. The third-order valence-electron chi connectivity index (χ3n) is 2.75. The molecular formula is C13H18N2O. The van der Waals surface area contributed by atoms with Crippen molar-refractivity contribution in [2.45, 2.75) is 39.2 Å². The third kappa shape index (κ3) is 2.35. The maximum Gasteiger partial charge on any atom is 0.139 e. The summed E-state index contributed by atoms with van der Waals surface area (Å²) in [6.07, 6.45) is 7.13. The van der Waals surface area contributed by atoms with Gasteiger partial charge in [-0.3, -0.25) is 0 Å². The fourth-order valence-corrected chi connectivity index (χ4v) is 1.83. The average Bonchev–Trinajstić information content (AvgIpc) is 2.75. The molecule has 2 aromatic rings. The van der Waals surface area contributed by atoms with Gasteiger partial charge in [0.1, 0.15) is 11.4 Å². The van der Waals surface area contributed by atoms with Gasteiger partial charge in [0.15, 0.2) is 0 Å². The molecule has 0 bridgehead atoms. The number of anilines is 1. The van der Waals surface area contributed by atoms with E-state index >= 15 is 0 Å². The van der Waals surface area contributed by atoms with Gasteiger partial charge in [-0.05, 0) is 25.5 Å². The quantitative estimate of drug-likeness (QED) is 0.829. The number of nitrogens with zero attached hydrogens (tertiary/aromatic N) is 1. The lowest BCUT2D eigenvalue weighted by Gasteiger charge is -2.14. The first-order valence-corrected chi connectivity index (χ1v) is 5.90. The van der Waals surface area contributed by atoms with Crippen LogP contribution in [0.1, 0.15) is 33.1 Å². The minimum atomic E-state index is 0.452. The van der Waals surface area contributed by atoms with Crippen molar-refractivity contribution >= 4 is 16.8 Å². The summed E-state index contributed by atoms with van der Waals surface area (Å²) in [4.78, 5) is 4.36. The van der Waals surface area contributed by atoms with E-state index in [1.165, 1.54) is 19.3 Å². The lowest BCUT2D eigenvalue weighted by Crippen LogP contribution is -2.15. The number of hydrogen-bond donors (Lipinski definition) is 1. The summed E-state index contributed by atoms with van der Waals surface area (Å²) < 4.78 is 5.34. The first-order chi connectivity index (χ1) is 7.81. The Hall–Kier alpha value is -1.51. The van der Waals surface area contributed by atoms with Crippen LogP contribution >= 0.6 is 0 Å². The first-order valence-electron chi connectivity index (χ1n) is 5.90. The van der Waals surface area contributed by atoms with Gasteiger partial charge in [0.2, 0.25) is 0 Å². The lowest BCUT2D eigenvalue weighted by atomic mass is 10.1.